The molecule has 4 heteroatoms. The van der Waals surface area contributed by atoms with Gasteiger partial charge in [-0.1, -0.05) is 54.1 Å². The Kier molecular flexibility index (Phi) is 3.96. The van der Waals surface area contributed by atoms with Crippen LogP contribution >= 0.6 is 11.6 Å². The highest BCUT2D eigenvalue weighted by atomic mass is 35.5. The van der Waals surface area contributed by atoms with Crippen molar-refractivity contribution in [2.24, 2.45) is 0 Å². The highest BCUT2D eigenvalue weighted by Crippen LogP contribution is 2.36. The second kappa shape index (κ2) is 6.63. The maximum absolute atomic E-state index is 11.6. The van der Waals surface area contributed by atoms with Gasteiger partial charge in [0.25, 0.3) is 0 Å². The summed E-state index contributed by atoms with van der Waals surface area (Å²) in [4.78, 5) is 16.5. The van der Waals surface area contributed by atoms with Crippen LogP contribution in [0.5, 0.6) is 0 Å². The fourth-order valence-electron chi connectivity index (χ4n) is 3.50. The fraction of sp³-hybridized carbons (Fsp3) is 0. The normalized spacial score (nSPS) is 11.2. The Morgan fingerprint density at radius 3 is 2.36 bits per heavy atom. The highest BCUT2D eigenvalue weighted by molar-refractivity contribution is 6.30. The zero-order valence-electron chi connectivity index (χ0n) is 14.7. The van der Waals surface area contributed by atoms with Crippen molar-refractivity contribution in [1.29, 1.82) is 0 Å². The summed E-state index contributed by atoms with van der Waals surface area (Å²) in [5.74, 6) is 0. The van der Waals surface area contributed by atoms with Gasteiger partial charge in [0.15, 0.2) is 0 Å². The molecule has 0 aliphatic rings. The van der Waals surface area contributed by atoms with Crippen LogP contribution < -0.4 is 5.63 Å². The van der Waals surface area contributed by atoms with Gasteiger partial charge in [-0.2, -0.15) is 0 Å². The standard InChI is InChI=1S/C24H14ClNO2/c25-17-8-6-16(7-9-17)21-14-19(15-4-2-1-3-5-15)24-18-10-13-23(27)28-22(18)12-11-20(24)26-21/h1-14H. The summed E-state index contributed by atoms with van der Waals surface area (Å²) in [6.07, 6.45) is 0. The molecule has 5 aromatic rings. The van der Waals surface area contributed by atoms with E-state index in [0.29, 0.717) is 10.6 Å². The number of hydrogen-bond donors (Lipinski definition) is 0. The maximum atomic E-state index is 11.6. The van der Waals surface area contributed by atoms with Gasteiger partial charge in [0.2, 0.25) is 0 Å². The molecular formula is C24H14ClNO2. The number of halogens is 1. The molecule has 0 spiro atoms. The average Bonchev–Trinajstić information content (AvgIpc) is 2.73. The number of aromatic nitrogens is 1. The molecule has 0 aliphatic carbocycles. The Balaban J connectivity index is 1.89. The molecule has 0 fully saturated rings. The third kappa shape index (κ3) is 2.86. The quantitative estimate of drug-likeness (QED) is 0.264. The number of fused-ring (bicyclic) bond motifs is 3. The second-order valence-electron chi connectivity index (χ2n) is 6.55. The summed E-state index contributed by atoms with van der Waals surface area (Å²) >= 11 is 6.04. The minimum absolute atomic E-state index is 0.362. The van der Waals surface area contributed by atoms with Crippen LogP contribution in [-0.2, 0) is 0 Å². The van der Waals surface area contributed by atoms with E-state index in [9.17, 15) is 4.79 Å². The van der Waals surface area contributed by atoms with Crippen LogP contribution in [0.2, 0.25) is 5.02 Å². The van der Waals surface area contributed by atoms with Gasteiger partial charge in [0.1, 0.15) is 5.58 Å². The Hall–Kier alpha value is -3.43. The molecule has 0 atom stereocenters. The lowest BCUT2D eigenvalue weighted by Gasteiger charge is -2.12. The van der Waals surface area contributed by atoms with Crippen LogP contribution in [0.15, 0.2) is 94.1 Å². The third-order valence-corrected chi connectivity index (χ3v) is 5.05. The lowest BCUT2D eigenvalue weighted by atomic mass is 9.96. The summed E-state index contributed by atoms with van der Waals surface area (Å²) in [6.45, 7) is 0. The summed E-state index contributed by atoms with van der Waals surface area (Å²) in [6, 6.07) is 26.8. The summed E-state index contributed by atoms with van der Waals surface area (Å²) < 4.78 is 5.39. The van der Waals surface area contributed by atoms with Crippen molar-refractivity contribution in [3.05, 3.63) is 100 Å². The maximum Gasteiger partial charge on any atom is 0.336 e. The van der Waals surface area contributed by atoms with E-state index < -0.39 is 0 Å². The number of benzene rings is 3. The molecule has 0 unspecified atom stereocenters. The van der Waals surface area contributed by atoms with Gasteiger partial charge in [-0.25, -0.2) is 9.78 Å². The smallest absolute Gasteiger partial charge is 0.336 e. The lowest BCUT2D eigenvalue weighted by molar-refractivity contribution is 0.561. The predicted octanol–water partition coefficient (Wildman–Crippen LogP) is 6.33. The second-order valence-corrected chi connectivity index (χ2v) is 6.99. The van der Waals surface area contributed by atoms with E-state index in [4.69, 9.17) is 21.0 Å². The van der Waals surface area contributed by atoms with Gasteiger partial charge in [-0.15, -0.1) is 0 Å². The van der Waals surface area contributed by atoms with Crippen LogP contribution in [0.3, 0.4) is 0 Å². The van der Waals surface area contributed by atoms with Gasteiger partial charge in [0.05, 0.1) is 11.2 Å². The Bertz CT molecular complexity index is 1370. The SMILES string of the molecule is O=c1ccc2c(ccc3nc(-c4ccc(Cl)cc4)cc(-c4ccccc4)c32)o1. The van der Waals surface area contributed by atoms with E-state index in [0.717, 1.165) is 38.7 Å². The van der Waals surface area contributed by atoms with Crippen LogP contribution in [0, 0.1) is 0 Å². The monoisotopic (exact) mass is 383 g/mol. The molecule has 2 aromatic heterocycles. The summed E-state index contributed by atoms with van der Waals surface area (Å²) in [7, 11) is 0. The molecule has 3 aromatic carbocycles. The van der Waals surface area contributed by atoms with Gasteiger partial charge in [-0.3, -0.25) is 0 Å². The van der Waals surface area contributed by atoms with Crippen molar-refractivity contribution in [1.82, 2.24) is 4.98 Å². The molecule has 28 heavy (non-hydrogen) atoms. The molecule has 0 saturated heterocycles. The minimum Gasteiger partial charge on any atom is -0.423 e. The molecule has 0 radical (unpaired) electrons. The third-order valence-electron chi connectivity index (χ3n) is 4.80. The summed E-state index contributed by atoms with van der Waals surface area (Å²) in [5, 5.41) is 2.52. The van der Waals surface area contributed by atoms with Gasteiger partial charge >= 0.3 is 5.63 Å². The first kappa shape index (κ1) is 16.7. The molecule has 0 bridgehead atoms. The largest absolute Gasteiger partial charge is 0.423 e. The number of hydrogen-bond acceptors (Lipinski definition) is 3. The summed E-state index contributed by atoms with van der Waals surface area (Å²) in [5.41, 5.74) is 4.99. The van der Waals surface area contributed by atoms with E-state index in [1.54, 1.807) is 12.1 Å². The molecule has 5 rings (SSSR count). The van der Waals surface area contributed by atoms with Crippen molar-refractivity contribution < 1.29 is 4.42 Å². The lowest BCUT2D eigenvalue weighted by Crippen LogP contribution is -1.96. The van der Waals surface area contributed by atoms with Crippen LogP contribution in [0.25, 0.3) is 44.3 Å². The molecule has 134 valence electrons. The zero-order chi connectivity index (χ0) is 19.1. The van der Waals surface area contributed by atoms with Gasteiger partial charge < -0.3 is 4.42 Å². The topological polar surface area (TPSA) is 43.1 Å². The Morgan fingerprint density at radius 2 is 1.57 bits per heavy atom. The molecule has 0 aliphatic heterocycles. The number of nitrogens with zero attached hydrogens (tertiary/aromatic N) is 1. The Labute approximate surface area is 165 Å². The molecule has 2 heterocycles. The van der Waals surface area contributed by atoms with E-state index in [2.05, 4.69) is 18.2 Å². The molecule has 3 nitrogen and oxygen atoms in total. The first-order valence-corrected chi connectivity index (χ1v) is 9.26. The highest BCUT2D eigenvalue weighted by Gasteiger charge is 2.13. The molecule has 0 amide bonds. The first-order chi connectivity index (χ1) is 13.7. The van der Waals surface area contributed by atoms with Crippen LogP contribution in [0.4, 0.5) is 0 Å². The molecule has 0 N–H and O–H groups in total. The fourth-order valence-corrected chi connectivity index (χ4v) is 3.62. The van der Waals surface area contributed by atoms with Crippen LogP contribution in [0.1, 0.15) is 0 Å². The van der Waals surface area contributed by atoms with E-state index in [1.807, 2.05) is 48.5 Å². The molecular weight excluding hydrogens is 370 g/mol. The van der Waals surface area contributed by atoms with Crippen molar-refractivity contribution >= 4 is 33.5 Å². The van der Waals surface area contributed by atoms with Crippen molar-refractivity contribution in [2.45, 2.75) is 0 Å². The van der Waals surface area contributed by atoms with Crippen molar-refractivity contribution in [3.63, 3.8) is 0 Å². The minimum atomic E-state index is -0.362. The van der Waals surface area contributed by atoms with E-state index >= 15 is 0 Å². The van der Waals surface area contributed by atoms with Crippen molar-refractivity contribution in [3.8, 4) is 22.4 Å². The molecule has 0 saturated carbocycles. The zero-order valence-corrected chi connectivity index (χ0v) is 15.5. The first-order valence-electron chi connectivity index (χ1n) is 8.88. The van der Waals surface area contributed by atoms with Crippen molar-refractivity contribution in [2.75, 3.05) is 0 Å². The van der Waals surface area contributed by atoms with Gasteiger partial charge in [0, 0.05) is 27.4 Å². The average molecular weight is 384 g/mol. The Morgan fingerprint density at radius 1 is 0.786 bits per heavy atom. The number of pyridine rings is 1. The van der Waals surface area contributed by atoms with E-state index in [-0.39, 0.29) is 5.63 Å². The van der Waals surface area contributed by atoms with E-state index in [1.165, 1.54) is 6.07 Å². The van der Waals surface area contributed by atoms with Gasteiger partial charge in [-0.05, 0) is 47.5 Å². The van der Waals surface area contributed by atoms with Crippen LogP contribution in [-0.4, -0.2) is 4.98 Å². The number of rotatable bonds is 2. The predicted molar refractivity (Wildman–Crippen MR) is 114 cm³/mol.